The summed E-state index contributed by atoms with van der Waals surface area (Å²) in [6.45, 7) is 0. The van der Waals surface area contributed by atoms with E-state index in [0.717, 1.165) is 31.2 Å². The molecule has 1 aromatic rings. The highest BCUT2D eigenvalue weighted by Crippen LogP contribution is 2.17. The number of hydrogen-bond acceptors (Lipinski definition) is 2. The summed E-state index contributed by atoms with van der Waals surface area (Å²) in [4.78, 5) is 23.3. The summed E-state index contributed by atoms with van der Waals surface area (Å²) in [6, 6.07) is 8.53. The molecule has 1 unspecified atom stereocenters. The SMILES string of the molecule is NC(=O)NC(Cc1ccccc1)C(=O)NC1CCCC1. The predicted octanol–water partition coefficient (Wildman–Crippen LogP) is 1.32. The van der Waals surface area contributed by atoms with E-state index >= 15 is 0 Å². The molecule has 5 nitrogen and oxygen atoms in total. The third-order valence-corrected chi connectivity index (χ3v) is 3.62. The average Bonchev–Trinajstić information content (AvgIpc) is 2.91. The van der Waals surface area contributed by atoms with Gasteiger partial charge in [0, 0.05) is 12.5 Å². The van der Waals surface area contributed by atoms with Crippen LogP contribution in [-0.4, -0.2) is 24.0 Å². The molecule has 3 amide bonds. The summed E-state index contributed by atoms with van der Waals surface area (Å²) in [5.41, 5.74) is 6.16. The largest absolute Gasteiger partial charge is 0.352 e. The Kier molecular flexibility index (Phi) is 4.98. The van der Waals surface area contributed by atoms with Crippen molar-refractivity contribution in [1.29, 1.82) is 0 Å². The number of amides is 3. The molecular formula is C15H21N3O2. The number of rotatable bonds is 5. The van der Waals surface area contributed by atoms with Gasteiger partial charge in [-0.15, -0.1) is 0 Å². The lowest BCUT2D eigenvalue weighted by Gasteiger charge is -2.20. The second-order valence-electron chi connectivity index (χ2n) is 5.24. The van der Waals surface area contributed by atoms with Crippen LogP contribution in [0.25, 0.3) is 0 Å². The van der Waals surface area contributed by atoms with Crippen molar-refractivity contribution in [1.82, 2.24) is 10.6 Å². The Morgan fingerprint density at radius 2 is 1.85 bits per heavy atom. The first-order valence-corrected chi connectivity index (χ1v) is 7.05. The zero-order chi connectivity index (χ0) is 14.4. The summed E-state index contributed by atoms with van der Waals surface area (Å²) < 4.78 is 0. The molecule has 1 saturated carbocycles. The molecule has 20 heavy (non-hydrogen) atoms. The monoisotopic (exact) mass is 275 g/mol. The van der Waals surface area contributed by atoms with E-state index in [1.54, 1.807) is 0 Å². The highest BCUT2D eigenvalue weighted by atomic mass is 16.2. The molecule has 1 atom stereocenters. The number of carbonyl (C=O) groups excluding carboxylic acids is 2. The zero-order valence-corrected chi connectivity index (χ0v) is 11.5. The maximum absolute atomic E-state index is 12.3. The number of primary amides is 1. The van der Waals surface area contributed by atoms with Crippen molar-refractivity contribution >= 4 is 11.9 Å². The van der Waals surface area contributed by atoms with Crippen LogP contribution in [0.3, 0.4) is 0 Å². The number of carbonyl (C=O) groups is 2. The lowest BCUT2D eigenvalue weighted by atomic mass is 10.0. The molecule has 0 radical (unpaired) electrons. The van der Waals surface area contributed by atoms with Crippen LogP contribution >= 0.6 is 0 Å². The summed E-state index contributed by atoms with van der Waals surface area (Å²) >= 11 is 0. The van der Waals surface area contributed by atoms with Crippen LogP contribution in [0.1, 0.15) is 31.2 Å². The Hall–Kier alpha value is -2.04. The Morgan fingerprint density at radius 1 is 1.20 bits per heavy atom. The fourth-order valence-corrected chi connectivity index (χ4v) is 2.60. The normalized spacial score (nSPS) is 16.6. The van der Waals surface area contributed by atoms with Crippen molar-refractivity contribution in [3.8, 4) is 0 Å². The maximum Gasteiger partial charge on any atom is 0.312 e. The van der Waals surface area contributed by atoms with Crippen LogP contribution in [-0.2, 0) is 11.2 Å². The Bertz CT molecular complexity index is 455. The minimum absolute atomic E-state index is 0.153. The molecule has 4 N–H and O–H groups in total. The van der Waals surface area contributed by atoms with Gasteiger partial charge in [0.1, 0.15) is 6.04 Å². The third-order valence-electron chi connectivity index (χ3n) is 3.62. The van der Waals surface area contributed by atoms with Gasteiger partial charge in [0.15, 0.2) is 0 Å². The van der Waals surface area contributed by atoms with Crippen molar-refractivity contribution in [2.45, 2.75) is 44.2 Å². The van der Waals surface area contributed by atoms with Gasteiger partial charge in [-0.1, -0.05) is 43.2 Å². The van der Waals surface area contributed by atoms with E-state index in [9.17, 15) is 9.59 Å². The molecule has 0 aromatic heterocycles. The molecule has 0 heterocycles. The van der Waals surface area contributed by atoms with Crippen LogP contribution in [0.15, 0.2) is 30.3 Å². The predicted molar refractivity (Wildman–Crippen MR) is 77.1 cm³/mol. The van der Waals surface area contributed by atoms with Gasteiger partial charge in [-0.2, -0.15) is 0 Å². The molecule has 5 heteroatoms. The molecular weight excluding hydrogens is 254 g/mol. The first kappa shape index (κ1) is 14.4. The van der Waals surface area contributed by atoms with E-state index in [4.69, 9.17) is 5.73 Å². The molecule has 0 bridgehead atoms. The van der Waals surface area contributed by atoms with Gasteiger partial charge < -0.3 is 16.4 Å². The number of hydrogen-bond donors (Lipinski definition) is 3. The number of nitrogens with two attached hydrogens (primary N) is 1. The van der Waals surface area contributed by atoms with E-state index in [0.29, 0.717) is 6.42 Å². The molecule has 1 aliphatic carbocycles. The second kappa shape index (κ2) is 6.93. The van der Waals surface area contributed by atoms with Crippen molar-refractivity contribution in [2.24, 2.45) is 5.73 Å². The van der Waals surface area contributed by atoms with Crippen LogP contribution in [0, 0.1) is 0 Å². The third kappa shape index (κ3) is 4.26. The fraction of sp³-hybridized carbons (Fsp3) is 0.467. The number of urea groups is 1. The van der Waals surface area contributed by atoms with Crippen molar-refractivity contribution in [2.75, 3.05) is 0 Å². The first-order valence-electron chi connectivity index (χ1n) is 7.05. The van der Waals surface area contributed by atoms with E-state index in [1.165, 1.54) is 0 Å². The van der Waals surface area contributed by atoms with Crippen LogP contribution < -0.4 is 16.4 Å². The van der Waals surface area contributed by atoms with Crippen molar-refractivity contribution in [3.05, 3.63) is 35.9 Å². The maximum atomic E-state index is 12.3. The van der Waals surface area contributed by atoms with E-state index < -0.39 is 12.1 Å². The minimum atomic E-state index is -0.674. The minimum Gasteiger partial charge on any atom is -0.352 e. The van der Waals surface area contributed by atoms with Gasteiger partial charge in [0.05, 0.1) is 0 Å². The average molecular weight is 275 g/mol. The van der Waals surface area contributed by atoms with E-state index in [-0.39, 0.29) is 11.9 Å². The fourth-order valence-electron chi connectivity index (χ4n) is 2.60. The van der Waals surface area contributed by atoms with Crippen LogP contribution in [0.4, 0.5) is 4.79 Å². The summed E-state index contributed by atoms with van der Waals surface area (Å²) in [7, 11) is 0. The Balaban J connectivity index is 1.98. The van der Waals surface area contributed by atoms with Gasteiger partial charge in [0.2, 0.25) is 5.91 Å². The molecule has 0 saturated heterocycles. The molecule has 0 spiro atoms. The second-order valence-corrected chi connectivity index (χ2v) is 5.24. The molecule has 2 rings (SSSR count). The van der Waals surface area contributed by atoms with Gasteiger partial charge >= 0.3 is 6.03 Å². The van der Waals surface area contributed by atoms with Crippen LogP contribution in [0.5, 0.6) is 0 Å². The summed E-state index contributed by atoms with van der Waals surface area (Å²) in [6.07, 6.45) is 4.78. The quantitative estimate of drug-likeness (QED) is 0.757. The van der Waals surface area contributed by atoms with Gasteiger partial charge in [-0.05, 0) is 18.4 Å². The van der Waals surface area contributed by atoms with E-state index in [1.807, 2.05) is 30.3 Å². The summed E-state index contributed by atoms with van der Waals surface area (Å²) in [5.74, 6) is -0.153. The highest BCUT2D eigenvalue weighted by Gasteiger charge is 2.24. The van der Waals surface area contributed by atoms with Gasteiger partial charge in [-0.3, -0.25) is 4.79 Å². The molecule has 1 aliphatic rings. The molecule has 0 aliphatic heterocycles. The van der Waals surface area contributed by atoms with Crippen LogP contribution in [0.2, 0.25) is 0 Å². The Morgan fingerprint density at radius 3 is 2.45 bits per heavy atom. The molecule has 108 valence electrons. The standard InChI is InChI=1S/C15H21N3O2/c16-15(20)18-13(10-11-6-2-1-3-7-11)14(19)17-12-8-4-5-9-12/h1-3,6-7,12-13H,4-5,8-10H2,(H,17,19)(H3,16,18,20). The number of nitrogens with one attached hydrogen (secondary N) is 2. The molecule has 1 fully saturated rings. The lowest BCUT2D eigenvalue weighted by molar-refractivity contribution is -0.123. The lowest BCUT2D eigenvalue weighted by Crippen LogP contribution is -2.51. The smallest absolute Gasteiger partial charge is 0.312 e. The Labute approximate surface area is 118 Å². The molecule has 1 aromatic carbocycles. The summed E-state index contributed by atoms with van der Waals surface area (Å²) in [5, 5.41) is 5.52. The van der Waals surface area contributed by atoms with E-state index in [2.05, 4.69) is 10.6 Å². The topological polar surface area (TPSA) is 84.2 Å². The number of benzene rings is 1. The first-order chi connectivity index (χ1) is 9.65. The highest BCUT2D eigenvalue weighted by molar-refractivity contribution is 5.87. The zero-order valence-electron chi connectivity index (χ0n) is 11.5. The van der Waals surface area contributed by atoms with Gasteiger partial charge in [-0.25, -0.2) is 4.79 Å². The van der Waals surface area contributed by atoms with Crippen molar-refractivity contribution < 1.29 is 9.59 Å². The van der Waals surface area contributed by atoms with Gasteiger partial charge in [0.25, 0.3) is 0 Å². The van der Waals surface area contributed by atoms with Crippen molar-refractivity contribution in [3.63, 3.8) is 0 Å².